The molecule has 0 saturated carbocycles. The maximum Gasteiger partial charge on any atom is 0.341 e. The first-order valence-corrected chi connectivity index (χ1v) is 8.14. The smallest absolute Gasteiger partial charge is 0.341 e. The van der Waals surface area contributed by atoms with Crippen LogP contribution in [0.5, 0.6) is 5.75 Å². The Morgan fingerprint density at radius 3 is 2.65 bits per heavy atom. The molecule has 1 aliphatic heterocycles. The third-order valence-electron chi connectivity index (χ3n) is 3.68. The molecular formula is C19H15ClN2O4. The van der Waals surface area contributed by atoms with Gasteiger partial charge in [-0.3, -0.25) is 4.79 Å². The number of carbonyl (C=O) groups excluding carboxylic acids is 1. The lowest BCUT2D eigenvalue weighted by Crippen LogP contribution is -2.21. The van der Waals surface area contributed by atoms with Gasteiger partial charge in [0, 0.05) is 0 Å². The molecule has 0 aliphatic carbocycles. The number of anilines is 1. The van der Waals surface area contributed by atoms with Crippen molar-refractivity contribution in [3.63, 3.8) is 0 Å². The molecule has 1 heterocycles. The van der Waals surface area contributed by atoms with E-state index in [0.29, 0.717) is 22.5 Å². The minimum atomic E-state index is -1.09. The first-order chi connectivity index (χ1) is 12.5. The van der Waals surface area contributed by atoms with Crippen LogP contribution in [0, 0.1) is 0 Å². The number of para-hydroxylation sites is 1. The van der Waals surface area contributed by atoms with Gasteiger partial charge < -0.3 is 9.84 Å². The minimum absolute atomic E-state index is 0.226. The molecule has 0 spiro atoms. The Hall–Kier alpha value is -3.12. The second-order valence-electron chi connectivity index (χ2n) is 5.57. The quantitative estimate of drug-likeness (QED) is 0.815. The van der Waals surface area contributed by atoms with Crippen LogP contribution >= 0.6 is 11.6 Å². The Balaban J connectivity index is 1.84. The molecule has 0 atom stereocenters. The van der Waals surface area contributed by atoms with Crippen molar-refractivity contribution in [1.82, 2.24) is 0 Å². The summed E-state index contributed by atoms with van der Waals surface area (Å²) in [7, 11) is 0. The monoisotopic (exact) mass is 370 g/mol. The van der Waals surface area contributed by atoms with Crippen molar-refractivity contribution >= 4 is 41.0 Å². The Bertz CT molecular complexity index is 922. The van der Waals surface area contributed by atoms with Crippen molar-refractivity contribution in [2.75, 3.05) is 11.6 Å². The number of hydrogen-bond donors (Lipinski definition) is 1. The number of nitrogens with zero attached hydrogens (tertiary/aromatic N) is 2. The summed E-state index contributed by atoms with van der Waals surface area (Å²) in [4.78, 5) is 23.2. The van der Waals surface area contributed by atoms with Crippen LogP contribution in [0.25, 0.3) is 6.08 Å². The van der Waals surface area contributed by atoms with Gasteiger partial charge in [-0.25, -0.2) is 4.79 Å². The Labute approximate surface area is 155 Å². The molecule has 26 heavy (non-hydrogen) atoms. The molecule has 132 valence electrons. The molecule has 1 amide bonds. The van der Waals surface area contributed by atoms with Gasteiger partial charge in [-0.05, 0) is 42.8 Å². The predicted octanol–water partition coefficient (Wildman–Crippen LogP) is 3.61. The number of rotatable bonds is 5. The first kappa shape index (κ1) is 17.7. The number of carboxylic acid groups (broad SMARTS) is 1. The lowest BCUT2D eigenvalue weighted by Gasteiger charge is -2.11. The molecule has 0 fully saturated rings. The van der Waals surface area contributed by atoms with Crippen LogP contribution in [-0.4, -0.2) is 29.3 Å². The van der Waals surface area contributed by atoms with Gasteiger partial charge in [-0.1, -0.05) is 35.9 Å². The largest absolute Gasteiger partial charge is 0.480 e. The van der Waals surface area contributed by atoms with Gasteiger partial charge in [0.25, 0.3) is 5.91 Å². The number of benzene rings is 2. The van der Waals surface area contributed by atoms with Crippen molar-refractivity contribution in [2.24, 2.45) is 5.10 Å². The van der Waals surface area contributed by atoms with Crippen molar-refractivity contribution in [2.45, 2.75) is 6.92 Å². The third-order valence-corrected chi connectivity index (χ3v) is 3.98. The number of amides is 1. The van der Waals surface area contributed by atoms with Crippen LogP contribution in [0.4, 0.5) is 5.69 Å². The highest BCUT2D eigenvalue weighted by atomic mass is 35.5. The fourth-order valence-electron chi connectivity index (χ4n) is 2.46. The molecule has 2 aromatic carbocycles. The Kier molecular flexibility index (Phi) is 5.04. The zero-order valence-corrected chi connectivity index (χ0v) is 14.6. The molecule has 1 aliphatic rings. The number of carboxylic acids is 1. The van der Waals surface area contributed by atoms with Crippen molar-refractivity contribution in [3.05, 3.63) is 64.7 Å². The van der Waals surface area contributed by atoms with Crippen LogP contribution in [0.15, 0.2) is 59.2 Å². The highest BCUT2D eigenvalue weighted by Crippen LogP contribution is 2.28. The Morgan fingerprint density at radius 2 is 2.00 bits per heavy atom. The SMILES string of the molecule is CC1=NN(c2ccccc2)C(=O)C1=Cc1ccc(OCC(=O)O)c(Cl)c1. The molecule has 0 radical (unpaired) electrons. The second-order valence-corrected chi connectivity index (χ2v) is 5.98. The summed E-state index contributed by atoms with van der Waals surface area (Å²) in [5, 5.41) is 14.6. The second kappa shape index (κ2) is 7.41. The summed E-state index contributed by atoms with van der Waals surface area (Å²) in [5.74, 6) is -1.04. The first-order valence-electron chi connectivity index (χ1n) is 7.76. The van der Waals surface area contributed by atoms with E-state index in [1.807, 2.05) is 30.3 Å². The molecular weight excluding hydrogens is 356 g/mol. The van der Waals surface area contributed by atoms with E-state index < -0.39 is 12.6 Å². The molecule has 0 unspecified atom stereocenters. The normalized spacial score (nSPS) is 15.3. The molecule has 2 aromatic rings. The average Bonchev–Trinajstić information content (AvgIpc) is 2.90. The predicted molar refractivity (Wildman–Crippen MR) is 99.6 cm³/mol. The van der Waals surface area contributed by atoms with Crippen LogP contribution in [0.3, 0.4) is 0 Å². The van der Waals surface area contributed by atoms with Gasteiger partial charge in [-0.2, -0.15) is 10.1 Å². The lowest BCUT2D eigenvalue weighted by molar-refractivity contribution is -0.139. The highest BCUT2D eigenvalue weighted by molar-refractivity contribution is 6.33. The summed E-state index contributed by atoms with van der Waals surface area (Å²) in [5.41, 5.74) is 2.44. The summed E-state index contributed by atoms with van der Waals surface area (Å²) in [6, 6.07) is 14.0. The molecule has 1 N–H and O–H groups in total. The van der Waals surface area contributed by atoms with E-state index in [1.54, 1.807) is 31.2 Å². The summed E-state index contributed by atoms with van der Waals surface area (Å²) in [6.45, 7) is 1.29. The van der Waals surface area contributed by atoms with Gasteiger partial charge in [0.15, 0.2) is 6.61 Å². The van der Waals surface area contributed by atoms with Gasteiger partial charge in [0.05, 0.1) is 22.0 Å². The van der Waals surface area contributed by atoms with E-state index in [1.165, 1.54) is 5.01 Å². The van der Waals surface area contributed by atoms with Crippen molar-refractivity contribution < 1.29 is 19.4 Å². The summed E-state index contributed by atoms with van der Waals surface area (Å²) in [6.07, 6.45) is 1.69. The standard InChI is InChI=1S/C19H15ClN2O4/c1-12-15(19(25)22(21-12)14-5-3-2-4-6-14)9-13-7-8-17(16(20)10-13)26-11-18(23)24/h2-10H,11H2,1H3,(H,23,24). The average molecular weight is 371 g/mol. The van der Waals surface area contributed by atoms with Crippen LogP contribution in [0.2, 0.25) is 5.02 Å². The van der Waals surface area contributed by atoms with E-state index in [4.69, 9.17) is 21.4 Å². The lowest BCUT2D eigenvalue weighted by atomic mass is 10.1. The molecule has 6 nitrogen and oxygen atoms in total. The number of aliphatic carboxylic acids is 1. The van der Waals surface area contributed by atoms with Crippen molar-refractivity contribution in [3.8, 4) is 5.75 Å². The van der Waals surface area contributed by atoms with Crippen LogP contribution < -0.4 is 9.75 Å². The maximum atomic E-state index is 12.7. The summed E-state index contributed by atoms with van der Waals surface area (Å²) >= 11 is 6.12. The van der Waals surface area contributed by atoms with E-state index in [0.717, 1.165) is 0 Å². The zero-order valence-electron chi connectivity index (χ0n) is 13.8. The fourth-order valence-corrected chi connectivity index (χ4v) is 2.70. The van der Waals surface area contributed by atoms with E-state index >= 15 is 0 Å². The molecule has 0 aromatic heterocycles. The van der Waals surface area contributed by atoms with E-state index in [-0.39, 0.29) is 16.7 Å². The van der Waals surface area contributed by atoms with E-state index in [2.05, 4.69) is 5.10 Å². The molecule has 3 rings (SSSR count). The topological polar surface area (TPSA) is 79.2 Å². The van der Waals surface area contributed by atoms with Gasteiger partial charge in [0.1, 0.15) is 5.75 Å². The highest BCUT2D eigenvalue weighted by Gasteiger charge is 2.28. The number of ether oxygens (including phenoxy) is 1. The zero-order chi connectivity index (χ0) is 18.7. The maximum absolute atomic E-state index is 12.7. The molecule has 0 bridgehead atoms. The third kappa shape index (κ3) is 3.75. The Morgan fingerprint density at radius 1 is 1.27 bits per heavy atom. The van der Waals surface area contributed by atoms with Crippen molar-refractivity contribution in [1.29, 1.82) is 0 Å². The number of hydrogen-bond acceptors (Lipinski definition) is 4. The fraction of sp³-hybridized carbons (Fsp3) is 0.105. The number of carbonyl (C=O) groups is 2. The summed E-state index contributed by atoms with van der Waals surface area (Å²) < 4.78 is 5.09. The van der Waals surface area contributed by atoms with Crippen LogP contribution in [-0.2, 0) is 9.59 Å². The number of hydrazone groups is 1. The molecule has 7 heteroatoms. The number of halogens is 1. The van der Waals surface area contributed by atoms with Gasteiger partial charge in [0.2, 0.25) is 0 Å². The van der Waals surface area contributed by atoms with Gasteiger partial charge >= 0.3 is 5.97 Å². The van der Waals surface area contributed by atoms with Crippen LogP contribution in [0.1, 0.15) is 12.5 Å². The van der Waals surface area contributed by atoms with E-state index in [9.17, 15) is 9.59 Å². The van der Waals surface area contributed by atoms with Gasteiger partial charge in [-0.15, -0.1) is 0 Å². The molecule has 0 saturated heterocycles. The minimum Gasteiger partial charge on any atom is -0.480 e.